The smallest absolute Gasteiger partial charge is 0.439 e. The topological polar surface area (TPSA) is 122 Å². The molecule has 0 saturated carbocycles. The molecule has 3 unspecified atom stereocenters. The molecule has 0 fully saturated rings. The van der Waals surface area contributed by atoms with Crippen LogP contribution in [0.2, 0.25) is 55.9 Å². The second-order valence-corrected chi connectivity index (χ2v) is 28.7. The van der Waals surface area contributed by atoms with Gasteiger partial charge in [-0.25, -0.2) is 0 Å². The molecular weight excluding hydrogens is 613 g/mol. The number of hydrogen-bond acceptors (Lipinski definition) is 12. The van der Waals surface area contributed by atoms with Gasteiger partial charge in [-0.1, -0.05) is 0 Å². The number of rotatable bonds is 25. The molecule has 0 aliphatic carbocycles. The van der Waals surface area contributed by atoms with Crippen LogP contribution in [0.25, 0.3) is 0 Å². The van der Waals surface area contributed by atoms with Crippen molar-refractivity contribution in [1.82, 2.24) is 0 Å². The van der Waals surface area contributed by atoms with E-state index in [9.17, 15) is 4.80 Å². The minimum Gasteiger partial charge on any atom is -0.439 e. The van der Waals surface area contributed by atoms with Gasteiger partial charge in [-0.3, -0.25) is 0 Å². The summed E-state index contributed by atoms with van der Waals surface area (Å²) in [5, 5.41) is 0. The Morgan fingerprint density at radius 2 is 0.846 bits per heavy atom. The summed E-state index contributed by atoms with van der Waals surface area (Å²) >= 11 is 0. The van der Waals surface area contributed by atoms with Gasteiger partial charge in [0.15, 0.2) is 9.04 Å². The monoisotopic (exact) mass is 668 g/mol. The Bertz CT molecular complexity index is 616. The summed E-state index contributed by atoms with van der Waals surface area (Å²) in [5.41, 5.74) is 0. The first-order chi connectivity index (χ1) is 18.3. The molecule has 0 bridgehead atoms. The van der Waals surface area contributed by atoms with Gasteiger partial charge in [0, 0.05) is 82.1 Å². The average molecular weight is 669 g/mol. The summed E-state index contributed by atoms with van der Waals surface area (Å²) in [6.07, 6.45) is 2.29. The fourth-order valence-corrected chi connectivity index (χ4v) is 22.9. The van der Waals surface area contributed by atoms with Crippen LogP contribution < -0.4 is 0 Å². The number of hydrogen-bond donors (Lipinski definition) is 1. The lowest BCUT2D eigenvalue weighted by Gasteiger charge is -2.37. The van der Waals surface area contributed by atoms with E-state index in [4.69, 9.17) is 48.1 Å². The van der Waals surface area contributed by atoms with Gasteiger partial charge in [0.25, 0.3) is 0 Å². The highest BCUT2D eigenvalue weighted by molar-refractivity contribution is 6.83. The van der Waals surface area contributed by atoms with Gasteiger partial charge in [0.1, 0.15) is 0 Å². The van der Waals surface area contributed by atoms with Gasteiger partial charge in [0.05, 0.1) is 0 Å². The Morgan fingerprint density at radius 1 is 0.513 bits per heavy atom. The van der Waals surface area contributed by atoms with Crippen LogP contribution in [-0.4, -0.2) is 121 Å². The molecule has 18 heteroatoms. The van der Waals surface area contributed by atoms with Crippen LogP contribution in [0.5, 0.6) is 0 Å². The van der Waals surface area contributed by atoms with Crippen molar-refractivity contribution >= 4 is 52.6 Å². The van der Waals surface area contributed by atoms with E-state index in [1.807, 2.05) is 6.55 Å². The largest absolute Gasteiger partial charge is 0.500 e. The zero-order valence-electron chi connectivity index (χ0n) is 26.4. The van der Waals surface area contributed by atoms with E-state index in [1.54, 1.807) is 64.0 Å². The van der Waals surface area contributed by atoms with Gasteiger partial charge in [-0.2, -0.15) is 0 Å². The molecule has 12 nitrogen and oxygen atoms in total. The molecule has 39 heavy (non-hydrogen) atoms. The van der Waals surface area contributed by atoms with Gasteiger partial charge >= 0.3 is 43.5 Å². The van der Waals surface area contributed by atoms with Gasteiger partial charge in [0.2, 0.25) is 0 Å². The molecule has 0 radical (unpaired) electrons. The van der Waals surface area contributed by atoms with Crippen LogP contribution in [0, 0.1) is 0 Å². The highest BCUT2D eigenvalue weighted by Gasteiger charge is 2.45. The van der Waals surface area contributed by atoms with Gasteiger partial charge in [-0.05, 0) is 57.0 Å². The third-order valence-electron chi connectivity index (χ3n) is 7.02. The van der Waals surface area contributed by atoms with Crippen molar-refractivity contribution in [2.24, 2.45) is 0 Å². The molecule has 3 atom stereocenters. The van der Waals surface area contributed by atoms with Crippen LogP contribution in [0.1, 0.15) is 19.3 Å². The standard InChI is InChI=1S/C21H56O12Si6/c1-23-37(24-2,25-3)19-13-16-34(10)32-36(12,18-15-21-39(29-7,30-8)31-9)33-35(11,22)17-14-20-38(26-4,27-5)28-6/h22,34H,13-21H2,1-12H3. The molecule has 0 aromatic rings. The summed E-state index contributed by atoms with van der Waals surface area (Å²) in [7, 11) is -1.04. The van der Waals surface area contributed by atoms with Crippen molar-refractivity contribution in [3.63, 3.8) is 0 Å². The van der Waals surface area contributed by atoms with Crippen LogP contribution in [0.15, 0.2) is 0 Å². The second kappa shape index (κ2) is 19.2. The third-order valence-corrected chi connectivity index (χ3v) is 26.4. The molecule has 0 saturated heterocycles. The molecule has 0 heterocycles. The normalized spacial score (nSPS) is 17.2. The van der Waals surface area contributed by atoms with Crippen molar-refractivity contribution in [2.45, 2.75) is 75.2 Å². The molecule has 0 aliphatic rings. The van der Waals surface area contributed by atoms with Crippen molar-refractivity contribution in [3.8, 4) is 0 Å². The quantitative estimate of drug-likeness (QED) is 0.144. The predicted molar refractivity (Wildman–Crippen MR) is 164 cm³/mol. The first kappa shape index (κ1) is 39.8. The lowest BCUT2D eigenvalue weighted by molar-refractivity contribution is 0.123. The predicted octanol–water partition coefficient (Wildman–Crippen LogP) is 3.31. The van der Waals surface area contributed by atoms with E-state index in [0.717, 1.165) is 24.9 Å². The lowest BCUT2D eigenvalue weighted by atomic mass is 10.6. The minimum absolute atomic E-state index is 0.524. The van der Waals surface area contributed by atoms with E-state index >= 15 is 0 Å². The van der Waals surface area contributed by atoms with Crippen molar-refractivity contribution in [2.75, 3.05) is 64.0 Å². The first-order valence-electron chi connectivity index (χ1n) is 13.3. The van der Waals surface area contributed by atoms with Crippen LogP contribution in [-0.2, 0) is 48.1 Å². The SMILES string of the molecule is CO[Si](CCC[SiH](C)O[Si](C)(CCC[Si](OC)(OC)OC)O[Si](C)(O)CCC[Si](OC)(OC)OC)(OC)OC. The molecule has 0 spiro atoms. The Labute approximate surface area is 244 Å². The molecule has 0 aromatic heterocycles. The Hall–Kier alpha value is 0.821. The zero-order chi connectivity index (χ0) is 30.2. The second-order valence-electron chi connectivity index (χ2n) is 9.82. The Morgan fingerprint density at radius 3 is 1.21 bits per heavy atom. The summed E-state index contributed by atoms with van der Waals surface area (Å²) in [5.74, 6) is 0. The highest BCUT2D eigenvalue weighted by Crippen LogP contribution is 2.30. The first-order valence-corrected chi connectivity index (χ1v) is 26.7. The fraction of sp³-hybridized carbons (Fsp3) is 1.00. The molecule has 0 amide bonds. The summed E-state index contributed by atoms with van der Waals surface area (Å²) in [6, 6.07) is 4.09. The maximum Gasteiger partial charge on any atom is 0.500 e. The molecule has 0 rings (SSSR count). The van der Waals surface area contributed by atoms with E-state index in [-0.39, 0.29) is 0 Å². The van der Waals surface area contributed by atoms with E-state index < -0.39 is 52.6 Å². The maximum absolute atomic E-state index is 11.4. The van der Waals surface area contributed by atoms with Crippen molar-refractivity contribution in [3.05, 3.63) is 0 Å². The van der Waals surface area contributed by atoms with E-state index in [0.29, 0.717) is 30.6 Å². The molecule has 236 valence electrons. The van der Waals surface area contributed by atoms with Crippen LogP contribution >= 0.6 is 0 Å². The molecule has 1 N–H and O–H groups in total. The molecule has 0 aliphatic heterocycles. The van der Waals surface area contributed by atoms with Crippen LogP contribution in [0.4, 0.5) is 0 Å². The van der Waals surface area contributed by atoms with Crippen molar-refractivity contribution < 1.29 is 52.9 Å². The molecular formula is C21H56O12Si6. The van der Waals surface area contributed by atoms with E-state index in [1.165, 1.54) is 0 Å². The third kappa shape index (κ3) is 13.8. The molecule has 0 aromatic carbocycles. The highest BCUT2D eigenvalue weighted by atomic mass is 28.5. The van der Waals surface area contributed by atoms with E-state index in [2.05, 4.69) is 13.1 Å². The van der Waals surface area contributed by atoms with Gasteiger partial charge < -0.3 is 52.9 Å². The fourth-order valence-electron chi connectivity index (χ4n) is 4.67. The zero-order valence-corrected chi connectivity index (χ0v) is 32.5. The van der Waals surface area contributed by atoms with Crippen LogP contribution in [0.3, 0.4) is 0 Å². The summed E-state index contributed by atoms with van der Waals surface area (Å²) in [6.45, 7) is 6.07. The minimum atomic E-state index is -3.06. The lowest BCUT2D eigenvalue weighted by Crippen LogP contribution is -2.53. The summed E-state index contributed by atoms with van der Waals surface area (Å²) < 4.78 is 63.4. The van der Waals surface area contributed by atoms with Gasteiger partial charge in [-0.15, -0.1) is 0 Å². The average Bonchev–Trinajstić information content (AvgIpc) is 2.92. The summed E-state index contributed by atoms with van der Waals surface area (Å²) in [4.78, 5) is 11.4. The van der Waals surface area contributed by atoms with Crippen molar-refractivity contribution in [1.29, 1.82) is 0 Å². The maximum atomic E-state index is 11.4. The Kier molecular flexibility index (Phi) is 19.6. The Balaban J connectivity index is 5.47.